The van der Waals surface area contributed by atoms with Crippen LogP contribution in [0.5, 0.6) is 5.75 Å². The van der Waals surface area contributed by atoms with Gasteiger partial charge in [-0.2, -0.15) is 0 Å². The number of thioether (sulfide) groups is 1. The smallest absolute Gasteiger partial charge is 0.335 e. The van der Waals surface area contributed by atoms with Gasteiger partial charge in [0.25, 0.3) is 5.91 Å². The first-order chi connectivity index (χ1) is 11.0. The number of β-lactam (4-membered cyclic amide) rings is 1. The number of benzene rings is 1. The minimum absolute atomic E-state index is 0.276. The Kier molecular flexibility index (Phi) is 3.95. The van der Waals surface area contributed by atoms with Crippen molar-refractivity contribution in [1.29, 1.82) is 0 Å². The van der Waals surface area contributed by atoms with Crippen molar-refractivity contribution in [2.45, 2.75) is 17.5 Å². The number of nitrogens with one attached hydrogen (secondary N) is 1. The summed E-state index contributed by atoms with van der Waals surface area (Å²) in [5.41, 5.74) is 0. The third-order valence-corrected chi connectivity index (χ3v) is 4.68. The molecule has 2 unspecified atom stereocenters. The summed E-state index contributed by atoms with van der Waals surface area (Å²) < 4.78 is 5.26. The molecule has 1 aromatic carbocycles. The summed E-state index contributed by atoms with van der Waals surface area (Å²) in [6, 6.07) is 6.33. The highest BCUT2D eigenvalue weighted by Gasteiger charge is 2.61. The van der Waals surface area contributed by atoms with E-state index in [-0.39, 0.29) is 6.61 Å². The van der Waals surface area contributed by atoms with Crippen molar-refractivity contribution in [2.24, 2.45) is 0 Å². The topological polar surface area (TPSA) is 113 Å². The minimum Gasteiger partial charge on any atom is -0.484 e. The lowest BCUT2D eigenvalue weighted by Gasteiger charge is -2.42. The van der Waals surface area contributed by atoms with Crippen LogP contribution in [0.4, 0.5) is 0 Å². The quantitative estimate of drug-likeness (QED) is 0.547. The van der Waals surface area contributed by atoms with Crippen molar-refractivity contribution >= 4 is 34.7 Å². The number of amides is 2. The third-order valence-electron chi connectivity index (χ3n) is 3.48. The zero-order valence-corrected chi connectivity index (χ0v) is 12.5. The summed E-state index contributed by atoms with van der Waals surface area (Å²) in [6.07, 6.45) is 0. The highest BCUT2D eigenvalue weighted by Crippen LogP contribution is 2.40. The second kappa shape index (κ2) is 5.92. The van der Waals surface area contributed by atoms with Crippen LogP contribution in [0.25, 0.3) is 0 Å². The number of hydrogen-bond donors (Lipinski definition) is 2. The molecule has 8 nitrogen and oxygen atoms in total. The summed E-state index contributed by atoms with van der Waals surface area (Å²) in [5, 5.41) is 10.2. The van der Waals surface area contributed by atoms with Crippen LogP contribution in [0, 0.1) is 0 Å². The van der Waals surface area contributed by atoms with Crippen LogP contribution in [0.15, 0.2) is 30.3 Å². The van der Waals surface area contributed by atoms with Crippen molar-refractivity contribution in [1.82, 2.24) is 10.2 Å². The molecule has 2 fully saturated rings. The lowest BCUT2D eigenvalue weighted by atomic mass is 10.0. The summed E-state index contributed by atoms with van der Waals surface area (Å²) in [4.78, 5) is 47.4. The molecule has 23 heavy (non-hydrogen) atoms. The van der Waals surface area contributed by atoms with E-state index < -0.39 is 40.4 Å². The van der Waals surface area contributed by atoms with Gasteiger partial charge >= 0.3 is 5.97 Å². The normalized spacial score (nSPS) is 25.6. The second-order valence-electron chi connectivity index (χ2n) is 4.96. The van der Waals surface area contributed by atoms with E-state index in [4.69, 9.17) is 9.84 Å². The predicted octanol–water partition coefficient (Wildman–Crippen LogP) is -0.555. The number of fused-ring (bicyclic) bond motifs is 1. The Hall–Kier alpha value is -2.55. The lowest BCUT2D eigenvalue weighted by molar-refractivity contribution is -0.161. The number of carboxylic acids is 1. The number of para-hydroxylation sites is 1. The van der Waals surface area contributed by atoms with Crippen molar-refractivity contribution in [3.05, 3.63) is 30.3 Å². The maximum absolute atomic E-state index is 12.0. The van der Waals surface area contributed by atoms with Gasteiger partial charge in [-0.25, -0.2) is 4.79 Å². The molecule has 2 amide bonds. The van der Waals surface area contributed by atoms with E-state index in [0.717, 1.165) is 16.7 Å². The zero-order chi connectivity index (χ0) is 16.6. The van der Waals surface area contributed by atoms with Gasteiger partial charge in [-0.05, 0) is 12.1 Å². The van der Waals surface area contributed by atoms with E-state index in [0.29, 0.717) is 5.75 Å². The molecule has 0 saturated carbocycles. The van der Waals surface area contributed by atoms with Gasteiger partial charge in [-0.3, -0.25) is 14.4 Å². The van der Waals surface area contributed by atoms with Crippen LogP contribution in [0.3, 0.4) is 0 Å². The average Bonchev–Trinajstić information content (AvgIpc) is 2.85. The number of hydrogen-bond acceptors (Lipinski definition) is 6. The van der Waals surface area contributed by atoms with Gasteiger partial charge in [0.2, 0.25) is 11.0 Å². The molecule has 0 aromatic heterocycles. The molecule has 2 heterocycles. The number of aliphatic carboxylic acids is 1. The first-order valence-corrected chi connectivity index (χ1v) is 7.59. The zero-order valence-electron chi connectivity index (χ0n) is 11.7. The molecule has 0 bridgehead atoms. The molecular weight excluding hydrogens is 324 g/mol. The van der Waals surface area contributed by atoms with Crippen molar-refractivity contribution in [3.63, 3.8) is 0 Å². The van der Waals surface area contributed by atoms with Gasteiger partial charge in [0.05, 0.1) is 0 Å². The summed E-state index contributed by atoms with van der Waals surface area (Å²) in [5.74, 6) is -1.94. The van der Waals surface area contributed by atoms with Gasteiger partial charge < -0.3 is 20.1 Å². The molecule has 9 heteroatoms. The van der Waals surface area contributed by atoms with Gasteiger partial charge in [0.15, 0.2) is 12.6 Å². The fraction of sp³-hybridized carbons (Fsp3) is 0.286. The van der Waals surface area contributed by atoms with Gasteiger partial charge in [0.1, 0.15) is 17.2 Å². The summed E-state index contributed by atoms with van der Waals surface area (Å²) >= 11 is 0.750. The van der Waals surface area contributed by atoms with Crippen molar-refractivity contribution in [3.8, 4) is 5.75 Å². The molecule has 120 valence electrons. The molecule has 2 saturated heterocycles. The maximum atomic E-state index is 12.0. The highest BCUT2D eigenvalue weighted by atomic mass is 32.2. The van der Waals surface area contributed by atoms with Gasteiger partial charge in [-0.15, -0.1) is 0 Å². The monoisotopic (exact) mass is 336 g/mol. The molecule has 1 aromatic rings. The van der Waals surface area contributed by atoms with E-state index in [1.54, 1.807) is 24.3 Å². The number of rotatable bonds is 5. The lowest BCUT2D eigenvalue weighted by Crippen LogP contribution is -2.70. The van der Waals surface area contributed by atoms with Crippen molar-refractivity contribution < 1.29 is 29.0 Å². The summed E-state index contributed by atoms with van der Waals surface area (Å²) in [6.45, 7) is -0.276. The van der Waals surface area contributed by atoms with Crippen LogP contribution in [-0.2, 0) is 19.2 Å². The standard InChI is InChI=1S/C14H12N2O6S/c17-8(6-22-7-4-2-1-3-5-7)15-9-11(18)16-10(13(19)20)14(21)23-12(9)16/h1-5,9-10,12H,6H2,(H,15,17)(H,19,20)/t9?,10?,12-/m0/s1. The van der Waals surface area contributed by atoms with Crippen LogP contribution in [-0.4, -0.2) is 57.0 Å². The molecule has 2 aliphatic heterocycles. The Morgan fingerprint density at radius 2 is 1.96 bits per heavy atom. The second-order valence-corrected chi connectivity index (χ2v) is 6.08. The van der Waals surface area contributed by atoms with Gasteiger partial charge in [-0.1, -0.05) is 30.0 Å². The Bertz CT molecular complexity index is 679. The van der Waals surface area contributed by atoms with E-state index in [1.165, 1.54) is 0 Å². The van der Waals surface area contributed by atoms with E-state index >= 15 is 0 Å². The van der Waals surface area contributed by atoms with Crippen LogP contribution >= 0.6 is 11.8 Å². The maximum Gasteiger partial charge on any atom is 0.335 e. The molecule has 0 radical (unpaired) electrons. The molecule has 2 N–H and O–H groups in total. The van der Waals surface area contributed by atoms with E-state index in [9.17, 15) is 19.2 Å². The number of ether oxygens (including phenoxy) is 1. The number of carboxylic acid groups (broad SMARTS) is 1. The molecule has 2 aliphatic rings. The van der Waals surface area contributed by atoms with Crippen molar-refractivity contribution in [2.75, 3.05) is 6.61 Å². The molecular formula is C14H12N2O6S. The van der Waals surface area contributed by atoms with Crippen LogP contribution < -0.4 is 10.1 Å². The Balaban J connectivity index is 1.56. The third kappa shape index (κ3) is 2.74. The largest absolute Gasteiger partial charge is 0.484 e. The number of nitrogens with zero attached hydrogens (tertiary/aromatic N) is 1. The SMILES string of the molecule is O=C(COc1ccccc1)NC1C(=O)N2C(C(=O)O)C(=O)S[C@@H]12. The fourth-order valence-electron chi connectivity index (χ4n) is 2.42. The molecule has 0 aliphatic carbocycles. The van der Waals surface area contributed by atoms with E-state index in [2.05, 4.69) is 5.32 Å². The molecule has 0 spiro atoms. The average molecular weight is 336 g/mol. The number of carbonyl (C=O) groups is 4. The Morgan fingerprint density at radius 1 is 1.26 bits per heavy atom. The fourth-order valence-corrected chi connectivity index (χ4v) is 3.66. The predicted molar refractivity (Wildman–Crippen MR) is 78.5 cm³/mol. The number of carbonyl (C=O) groups excluding carboxylic acids is 3. The Morgan fingerprint density at radius 3 is 2.61 bits per heavy atom. The highest BCUT2D eigenvalue weighted by molar-refractivity contribution is 8.14. The van der Waals surface area contributed by atoms with E-state index in [1.807, 2.05) is 6.07 Å². The van der Waals surface area contributed by atoms with Crippen LogP contribution in [0.2, 0.25) is 0 Å². The Labute approximate surface area is 134 Å². The molecule has 3 atom stereocenters. The van der Waals surface area contributed by atoms with Gasteiger partial charge in [0, 0.05) is 0 Å². The summed E-state index contributed by atoms with van der Waals surface area (Å²) in [7, 11) is 0. The minimum atomic E-state index is -1.47. The van der Waals surface area contributed by atoms with Crippen LogP contribution in [0.1, 0.15) is 0 Å². The first kappa shape index (κ1) is 15.3. The first-order valence-electron chi connectivity index (χ1n) is 6.72. The molecule has 3 rings (SSSR count).